The Balaban J connectivity index is 1.56. The fraction of sp³-hybridized carbons (Fsp3) is 0.100. The molecule has 0 N–H and O–H groups in total. The molecular formula is C20H14ClN3O4S. The van der Waals surface area contributed by atoms with Crippen LogP contribution in [0.1, 0.15) is 20.9 Å². The molecule has 146 valence electrons. The first-order valence-electron chi connectivity index (χ1n) is 8.58. The summed E-state index contributed by atoms with van der Waals surface area (Å²) in [6.45, 7) is 1.90. The van der Waals surface area contributed by atoms with Crippen molar-refractivity contribution in [2.24, 2.45) is 0 Å². The summed E-state index contributed by atoms with van der Waals surface area (Å²) in [7, 11) is 0. The number of para-hydroxylation sites is 1. The lowest BCUT2D eigenvalue weighted by Gasteiger charge is -2.05. The Morgan fingerprint density at radius 1 is 1.24 bits per heavy atom. The molecule has 7 nitrogen and oxygen atoms in total. The second-order valence-electron chi connectivity index (χ2n) is 6.28. The van der Waals surface area contributed by atoms with Crippen molar-refractivity contribution in [3.05, 3.63) is 85.9 Å². The number of carbonyl (C=O) groups is 1. The van der Waals surface area contributed by atoms with Gasteiger partial charge in [-0.15, -0.1) is 11.3 Å². The van der Waals surface area contributed by atoms with Crippen LogP contribution in [0.5, 0.6) is 0 Å². The lowest BCUT2D eigenvalue weighted by molar-refractivity contribution is -0.384. The Labute approximate surface area is 174 Å². The SMILES string of the molecule is Cc1nn(-c2ccccc2Cl)c2sc(C(=O)OCc3ccc([N+](=O)[O-])cc3)cc12. The number of thiophene rings is 1. The highest BCUT2D eigenvalue weighted by Gasteiger charge is 2.19. The molecule has 0 spiro atoms. The summed E-state index contributed by atoms with van der Waals surface area (Å²) in [6, 6.07) is 15.0. The van der Waals surface area contributed by atoms with E-state index < -0.39 is 10.9 Å². The molecule has 0 radical (unpaired) electrons. The van der Waals surface area contributed by atoms with E-state index >= 15 is 0 Å². The Morgan fingerprint density at radius 3 is 2.66 bits per heavy atom. The minimum atomic E-state index is -0.475. The predicted octanol–water partition coefficient (Wildman–Crippen LogP) is 5.31. The summed E-state index contributed by atoms with van der Waals surface area (Å²) in [5.74, 6) is -0.463. The van der Waals surface area contributed by atoms with Gasteiger partial charge in [-0.2, -0.15) is 5.10 Å². The summed E-state index contributed by atoms with van der Waals surface area (Å²) in [5, 5.41) is 16.7. The summed E-state index contributed by atoms with van der Waals surface area (Å²) in [5.41, 5.74) is 2.18. The predicted molar refractivity (Wildman–Crippen MR) is 111 cm³/mol. The smallest absolute Gasteiger partial charge is 0.348 e. The Hall–Kier alpha value is -3.23. The highest BCUT2D eigenvalue weighted by atomic mass is 35.5. The number of benzene rings is 2. The molecule has 29 heavy (non-hydrogen) atoms. The number of halogens is 1. The molecule has 0 bridgehead atoms. The molecule has 2 aromatic carbocycles. The lowest BCUT2D eigenvalue weighted by Crippen LogP contribution is -2.03. The minimum absolute atomic E-state index is 0.0100. The van der Waals surface area contributed by atoms with E-state index in [-0.39, 0.29) is 12.3 Å². The number of non-ortho nitro benzene ring substituents is 1. The number of aromatic nitrogens is 2. The summed E-state index contributed by atoms with van der Waals surface area (Å²) < 4.78 is 7.10. The van der Waals surface area contributed by atoms with Gasteiger partial charge in [0.05, 0.1) is 21.3 Å². The third kappa shape index (κ3) is 3.72. The van der Waals surface area contributed by atoms with Crippen molar-refractivity contribution in [1.82, 2.24) is 9.78 Å². The van der Waals surface area contributed by atoms with Crippen molar-refractivity contribution in [1.29, 1.82) is 0 Å². The minimum Gasteiger partial charge on any atom is -0.457 e. The normalized spacial score (nSPS) is 11.0. The molecule has 4 aromatic rings. The van der Waals surface area contributed by atoms with Crippen LogP contribution in [0.3, 0.4) is 0 Å². The fourth-order valence-electron chi connectivity index (χ4n) is 2.87. The summed E-state index contributed by atoms with van der Waals surface area (Å²) >= 11 is 7.57. The number of nitrogens with zero attached hydrogens (tertiary/aromatic N) is 3. The molecule has 4 rings (SSSR count). The van der Waals surface area contributed by atoms with Crippen LogP contribution >= 0.6 is 22.9 Å². The van der Waals surface area contributed by atoms with Crippen LogP contribution in [-0.4, -0.2) is 20.7 Å². The number of nitro benzene ring substituents is 1. The van der Waals surface area contributed by atoms with Crippen LogP contribution in [0.25, 0.3) is 15.9 Å². The zero-order chi connectivity index (χ0) is 20.5. The van der Waals surface area contributed by atoms with E-state index in [4.69, 9.17) is 16.3 Å². The average Bonchev–Trinajstić information content (AvgIpc) is 3.28. The molecule has 0 aliphatic rings. The van der Waals surface area contributed by atoms with Gasteiger partial charge in [0.2, 0.25) is 0 Å². The Bertz CT molecular complexity index is 1230. The van der Waals surface area contributed by atoms with Gasteiger partial charge in [0.15, 0.2) is 0 Å². The number of esters is 1. The standard InChI is InChI=1S/C20H14ClN3O4S/c1-12-15-10-18(20(25)28-11-13-6-8-14(9-7-13)24(26)27)29-19(15)23(22-12)17-5-3-2-4-16(17)21/h2-10H,11H2,1H3. The number of fused-ring (bicyclic) bond motifs is 1. The molecule has 0 amide bonds. The monoisotopic (exact) mass is 427 g/mol. The maximum absolute atomic E-state index is 12.5. The van der Waals surface area contributed by atoms with Crippen molar-refractivity contribution in [3.8, 4) is 5.69 Å². The first-order valence-corrected chi connectivity index (χ1v) is 9.78. The topological polar surface area (TPSA) is 87.3 Å². The number of ether oxygens (including phenoxy) is 1. The molecular weight excluding hydrogens is 414 g/mol. The average molecular weight is 428 g/mol. The zero-order valence-corrected chi connectivity index (χ0v) is 16.7. The quantitative estimate of drug-likeness (QED) is 0.244. The first-order chi connectivity index (χ1) is 13.9. The van der Waals surface area contributed by atoms with Gasteiger partial charge in [0, 0.05) is 17.5 Å². The van der Waals surface area contributed by atoms with Crippen molar-refractivity contribution >= 4 is 44.8 Å². The lowest BCUT2D eigenvalue weighted by atomic mass is 10.2. The van der Waals surface area contributed by atoms with Gasteiger partial charge in [-0.05, 0) is 42.8 Å². The van der Waals surface area contributed by atoms with E-state index in [1.807, 2.05) is 25.1 Å². The molecule has 0 saturated carbocycles. The highest BCUT2D eigenvalue weighted by molar-refractivity contribution is 7.20. The number of hydrogen-bond acceptors (Lipinski definition) is 6. The third-order valence-corrected chi connectivity index (χ3v) is 5.75. The molecule has 9 heteroatoms. The Kier molecular flexibility index (Phi) is 5.04. The van der Waals surface area contributed by atoms with Crippen LogP contribution in [0, 0.1) is 17.0 Å². The molecule has 0 unspecified atom stereocenters. The summed E-state index contributed by atoms with van der Waals surface area (Å²) in [4.78, 5) is 24.0. The molecule has 0 aliphatic heterocycles. The number of aryl methyl sites for hydroxylation is 1. The maximum atomic E-state index is 12.5. The fourth-order valence-corrected chi connectivity index (χ4v) is 4.15. The maximum Gasteiger partial charge on any atom is 0.348 e. The first kappa shape index (κ1) is 19.1. The van der Waals surface area contributed by atoms with Crippen molar-refractivity contribution in [2.45, 2.75) is 13.5 Å². The van der Waals surface area contributed by atoms with E-state index in [0.717, 1.165) is 21.6 Å². The van der Waals surface area contributed by atoms with E-state index in [9.17, 15) is 14.9 Å². The van der Waals surface area contributed by atoms with Crippen LogP contribution in [0.15, 0.2) is 54.6 Å². The molecule has 2 aromatic heterocycles. The van der Waals surface area contributed by atoms with Gasteiger partial charge in [0.1, 0.15) is 16.3 Å². The van der Waals surface area contributed by atoms with Gasteiger partial charge >= 0.3 is 5.97 Å². The van der Waals surface area contributed by atoms with Crippen molar-refractivity contribution < 1.29 is 14.5 Å². The molecule has 0 atom stereocenters. The van der Waals surface area contributed by atoms with Gasteiger partial charge in [-0.25, -0.2) is 9.48 Å². The van der Waals surface area contributed by atoms with E-state index in [2.05, 4.69) is 5.10 Å². The van der Waals surface area contributed by atoms with Crippen LogP contribution in [0.2, 0.25) is 5.02 Å². The largest absolute Gasteiger partial charge is 0.457 e. The van der Waals surface area contributed by atoms with Crippen LogP contribution in [0.4, 0.5) is 5.69 Å². The number of hydrogen-bond donors (Lipinski definition) is 0. The van der Waals surface area contributed by atoms with Crippen LogP contribution < -0.4 is 0 Å². The molecule has 0 aliphatic carbocycles. The van der Waals surface area contributed by atoms with E-state index in [1.54, 1.807) is 28.9 Å². The Morgan fingerprint density at radius 2 is 1.97 bits per heavy atom. The van der Waals surface area contributed by atoms with E-state index in [1.165, 1.54) is 23.5 Å². The second kappa shape index (κ2) is 7.65. The highest BCUT2D eigenvalue weighted by Crippen LogP contribution is 2.32. The van der Waals surface area contributed by atoms with Gasteiger partial charge < -0.3 is 4.74 Å². The van der Waals surface area contributed by atoms with Crippen molar-refractivity contribution in [2.75, 3.05) is 0 Å². The number of rotatable bonds is 5. The van der Waals surface area contributed by atoms with Crippen LogP contribution in [-0.2, 0) is 11.3 Å². The molecule has 0 saturated heterocycles. The van der Waals surface area contributed by atoms with Gasteiger partial charge in [-0.3, -0.25) is 10.1 Å². The third-order valence-electron chi connectivity index (χ3n) is 4.34. The van der Waals surface area contributed by atoms with Gasteiger partial charge in [0.25, 0.3) is 5.69 Å². The van der Waals surface area contributed by atoms with Gasteiger partial charge in [-0.1, -0.05) is 23.7 Å². The second-order valence-corrected chi connectivity index (χ2v) is 7.72. The molecule has 0 fully saturated rings. The zero-order valence-electron chi connectivity index (χ0n) is 15.2. The molecule has 2 heterocycles. The van der Waals surface area contributed by atoms with Crippen molar-refractivity contribution in [3.63, 3.8) is 0 Å². The van der Waals surface area contributed by atoms with E-state index in [0.29, 0.717) is 15.5 Å². The summed E-state index contributed by atoms with van der Waals surface area (Å²) in [6.07, 6.45) is 0. The number of carbonyl (C=O) groups excluding carboxylic acids is 1. The number of nitro groups is 1.